The molecule has 0 aromatic carbocycles. The first kappa shape index (κ1) is 12.1. The summed E-state index contributed by atoms with van der Waals surface area (Å²) in [5.41, 5.74) is 0.613. The van der Waals surface area contributed by atoms with E-state index >= 15 is 0 Å². The van der Waals surface area contributed by atoms with Crippen LogP contribution in [0.5, 0.6) is 0 Å². The van der Waals surface area contributed by atoms with Crippen molar-refractivity contribution in [1.29, 1.82) is 0 Å². The molecule has 3 rings (SSSR count). The van der Waals surface area contributed by atoms with Gasteiger partial charge >= 0.3 is 0 Å². The number of thiazole rings is 1. The van der Waals surface area contributed by atoms with Crippen molar-refractivity contribution in [2.45, 2.75) is 45.2 Å². The number of hydrogen-bond donors (Lipinski definition) is 1. The molecule has 1 aromatic rings. The predicted molar refractivity (Wildman–Crippen MR) is 72.1 cm³/mol. The van der Waals surface area contributed by atoms with Crippen LogP contribution in [0.4, 0.5) is 0 Å². The Morgan fingerprint density at radius 1 is 1.39 bits per heavy atom. The number of carbonyl (C=O) groups is 1. The van der Waals surface area contributed by atoms with Gasteiger partial charge in [-0.15, -0.1) is 11.3 Å². The number of hydrogen-bond acceptors (Lipinski definition) is 4. The fraction of sp³-hybridized carbons (Fsp3) is 0.692. The van der Waals surface area contributed by atoms with Crippen LogP contribution in [0, 0.1) is 13.8 Å². The van der Waals surface area contributed by atoms with Gasteiger partial charge in [-0.25, -0.2) is 4.98 Å². The Bertz CT molecular complexity index is 467. The fourth-order valence-electron chi connectivity index (χ4n) is 2.67. The van der Waals surface area contributed by atoms with Gasteiger partial charge in [0, 0.05) is 30.1 Å². The number of nitrogens with zero attached hydrogens (tertiary/aromatic N) is 2. The lowest BCUT2D eigenvalue weighted by Gasteiger charge is -2.15. The first-order chi connectivity index (χ1) is 8.63. The minimum absolute atomic E-state index is 0.000466. The van der Waals surface area contributed by atoms with Crippen LogP contribution >= 0.6 is 11.3 Å². The molecule has 18 heavy (non-hydrogen) atoms. The SMILES string of the molecule is Cc1nc(C(=O)NC2CCN(C3CC3)C2)c(C)s1. The first-order valence-electron chi connectivity index (χ1n) is 6.62. The Hall–Kier alpha value is -0.940. The summed E-state index contributed by atoms with van der Waals surface area (Å²) in [7, 11) is 0. The zero-order chi connectivity index (χ0) is 12.7. The molecule has 1 atom stereocenters. The number of carbonyl (C=O) groups excluding carboxylic acids is 1. The third-order valence-corrected chi connectivity index (χ3v) is 4.62. The van der Waals surface area contributed by atoms with Gasteiger partial charge < -0.3 is 5.32 Å². The third kappa shape index (κ3) is 2.42. The summed E-state index contributed by atoms with van der Waals surface area (Å²) in [4.78, 5) is 20.0. The van der Waals surface area contributed by atoms with Crippen molar-refractivity contribution < 1.29 is 4.79 Å². The van der Waals surface area contributed by atoms with Crippen LogP contribution < -0.4 is 5.32 Å². The van der Waals surface area contributed by atoms with Crippen molar-refractivity contribution in [2.75, 3.05) is 13.1 Å². The van der Waals surface area contributed by atoms with Crippen LogP contribution in [0.15, 0.2) is 0 Å². The van der Waals surface area contributed by atoms with Crippen molar-refractivity contribution in [2.24, 2.45) is 0 Å². The average Bonchev–Trinajstić information content (AvgIpc) is 2.97. The largest absolute Gasteiger partial charge is 0.347 e. The van der Waals surface area contributed by atoms with E-state index in [4.69, 9.17) is 0 Å². The predicted octanol–water partition coefficient (Wildman–Crippen LogP) is 1.73. The van der Waals surface area contributed by atoms with Gasteiger partial charge in [0.15, 0.2) is 0 Å². The lowest BCUT2D eigenvalue weighted by molar-refractivity contribution is 0.0932. The molecule has 2 aliphatic rings. The maximum absolute atomic E-state index is 12.1. The van der Waals surface area contributed by atoms with Gasteiger partial charge in [-0.05, 0) is 33.1 Å². The van der Waals surface area contributed by atoms with Crippen LogP contribution in [-0.2, 0) is 0 Å². The second-order valence-corrected chi connectivity index (χ2v) is 6.73. The highest BCUT2D eigenvalue weighted by Gasteiger charge is 2.35. The van der Waals surface area contributed by atoms with Crippen LogP contribution in [0.1, 0.15) is 39.6 Å². The highest BCUT2D eigenvalue weighted by atomic mass is 32.1. The average molecular weight is 265 g/mol. The van der Waals surface area contributed by atoms with E-state index in [2.05, 4.69) is 15.2 Å². The van der Waals surface area contributed by atoms with Crippen LogP contribution in [0.2, 0.25) is 0 Å². The van der Waals surface area contributed by atoms with Crippen molar-refractivity contribution in [3.8, 4) is 0 Å². The Labute approximate surface area is 111 Å². The minimum atomic E-state index is -0.000466. The van der Waals surface area contributed by atoms with E-state index in [-0.39, 0.29) is 5.91 Å². The van der Waals surface area contributed by atoms with Crippen molar-refractivity contribution in [3.05, 3.63) is 15.6 Å². The van der Waals surface area contributed by atoms with Crippen LogP contribution in [0.25, 0.3) is 0 Å². The van der Waals surface area contributed by atoms with E-state index in [1.54, 1.807) is 11.3 Å². The molecule has 2 fully saturated rings. The normalized spacial score (nSPS) is 24.4. The van der Waals surface area contributed by atoms with Gasteiger partial charge in [0.05, 0.1) is 5.01 Å². The topological polar surface area (TPSA) is 45.2 Å². The molecule has 1 unspecified atom stereocenters. The number of amides is 1. The van der Waals surface area contributed by atoms with Gasteiger partial charge in [0.25, 0.3) is 5.91 Å². The molecule has 1 aromatic heterocycles. The highest BCUT2D eigenvalue weighted by Crippen LogP contribution is 2.29. The molecular formula is C13H19N3OS. The fourth-order valence-corrected chi connectivity index (χ4v) is 3.48. The first-order valence-corrected chi connectivity index (χ1v) is 7.44. The van der Waals surface area contributed by atoms with Gasteiger partial charge in [0.1, 0.15) is 5.69 Å². The van der Waals surface area contributed by atoms with Gasteiger partial charge in [0.2, 0.25) is 0 Å². The standard InChI is InChI=1S/C13H19N3OS/c1-8-12(14-9(2)18-8)13(17)15-10-5-6-16(7-10)11-3-4-11/h10-11H,3-7H2,1-2H3,(H,15,17). The molecule has 1 amide bonds. The Morgan fingerprint density at radius 3 is 2.78 bits per heavy atom. The molecule has 4 nitrogen and oxygen atoms in total. The summed E-state index contributed by atoms with van der Waals surface area (Å²) in [6.07, 6.45) is 3.75. The minimum Gasteiger partial charge on any atom is -0.347 e. The van der Waals surface area contributed by atoms with E-state index in [0.717, 1.165) is 35.4 Å². The number of aryl methyl sites for hydroxylation is 2. The van der Waals surface area contributed by atoms with E-state index in [1.807, 2.05) is 13.8 Å². The third-order valence-electron chi connectivity index (χ3n) is 3.74. The van der Waals surface area contributed by atoms with Crippen molar-refractivity contribution in [3.63, 3.8) is 0 Å². The lowest BCUT2D eigenvalue weighted by atomic mass is 10.2. The van der Waals surface area contributed by atoms with Gasteiger partial charge in [-0.3, -0.25) is 9.69 Å². The molecule has 2 heterocycles. The molecule has 1 N–H and O–H groups in total. The maximum atomic E-state index is 12.1. The van der Waals surface area contributed by atoms with E-state index in [9.17, 15) is 4.79 Å². The second kappa shape index (κ2) is 4.63. The monoisotopic (exact) mass is 265 g/mol. The molecule has 1 saturated heterocycles. The maximum Gasteiger partial charge on any atom is 0.271 e. The van der Waals surface area contributed by atoms with E-state index in [1.165, 1.54) is 12.8 Å². The Balaban J connectivity index is 1.59. The molecule has 1 saturated carbocycles. The van der Waals surface area contributed by atoms with Gasteiger partial charge in [-0.2, -0.15) is 0 Å². The summed E-state index contributed by atoms with van der Waals surface area (Å²) in [6.45, 7) is 6.05. The highest BCUT2D eigenvalue weighted by molar-refractivity contribution is 7.11. The molecular weight excluding hydrogens is 246 g/mol. The zero-order valence-electron chi connectivity index (χ0n) is 10.9. The molecule has 0 radical (unpaired) electrons. The zero-order valence-corrected chi connectivity index (χ0v) is 11.7. The lowest BCUT2D eigenvalue weighted by Crippen LogP contribution is -2.37. The summed E-state index contributed by atoms with van der Waals surface area (Å²) in [5, 5.41) is 4.09. The summed E-state index contributed by atoms with van der Waals surface area (Å²) >= 11 is 1.59. The van der Waals surface area contributed by atoms with Gasteiger partial charge in [-0.1, -0.05) is 0 Å². The number of rotatable bonds is 3. The molecule has 1 aliphatic heterocycles. The Morgan fingerprint density at radius 2 is 2.17 bits per heavy atom. The molecule has 5 heteroatoms. The van der Waals surface area contributed by atoms with Crippen molar-refractivity contribution >= 4 is 17.2 Å². The van der Waals surface area contributed by atoms with Crippen LogP contribution in [-0.4, -0.2) is 41.0 Å². The summed E-state index contributed by atoms with van der Waals surface area (Å²) < 4.78 is 0. The smallest absolute Gasteiger partial charge is 0.271 e. The molecule has 1 aliphatic carbocycles. The number of nitrogens with one attached hydrogen (secondary N) is 1. The van der Waals surface area contributed by atoms with E-state index < -0.39 is 0 Å². The molecule has 98 valence electrons. The molecule has 0 bridgehead atoms. The number of aromatic nitrogens is 1. The molecule has 0 spiro atoms. The van der Waals surface area contributed by atoms with E-state index in [0.29, 0.717) is 11.7 Å². The van der Waals surface area contributed by atoms with Crippen molar-refractivity contribution in [1.82, 2.24) is 15.2 Å². The summed E-state index contributed by atoms with van der Waals surface area (Å²) in [6, 6.07) is 1.11. The van der Waals surface area contributed by atoms with Crippen LogP contribution in [0.3, 0.4) is 0 Å². The Kier molecular flexibility index (Phi) is 3.11. The quantitative estimate of drug-likeness (QED) is 0.905. The summed E-state index contributed by atoms with van der Waals surface area (Å²) in [5.74, 6) is -0.000466. The second-order valence-electron chi connectivity index (χ2n) is 5.32. The number of likely N-dealkylation sites (tertiary alicyclic amines) is 1.